The molecule has 0 heterocycles. The summed E-state index contributed by atoms with van der Waals surface area (Å²) < 4.78 is 17.0. The lowest BCUT2D eigenvalue weighted by Gasteiger charge is -2.18. The minimum absolute atomic E-state index is 0.0679. The van der Waals surface area contributed by atoms with Crippen molar-refractivity contribution in [3.8, 4) is 0 Å². The molecule has 6 heteroatoms. The quantitative estimate of drug-likeness (QED) is 0.0261. The molecule has 6 nitrogen and oxygen atoms in total. The number of allylic oxidation sites excluding steroid dienone is 8. The zero-order valence-corrected chi connectivity index (χ0v) is 53.9. The number of carbonyl (C=O) groups excluding carboxylic acids is 3. The lowest BCUT2D eigenvalue weighted by molar-refractivity contribution is -0.167. The molecule has 0 amide bonds. The van der Waals surface area contributed by atoms with Gasteiger partial charge in [0.2, 0.25) is 0 Å². The summed E-state index contributed by atoms with van der Waals surface area (Å²) in [6.07, 6.45) is 87.0. The van der Waals surface area contributed by atoms with Gasteiger partial charge in [0.25, 0.3) is 0 Å². The van der Waals surface area contributed by atoms with Crippen LogP contribution in [-0.2, 0) is 28.6 Å². The van der Waals surface area contributed by atoms with Crippen molar-refractivity contribution >= 4 is 17.9 Å². The standard InChI is InChI=1S/C74H136O6/c1-4-7-10-13-16-19-22-25-28-31-34-36-37-38-41-43-46-49-52-55-58-61-64-67-73(76)79-70-71(69-78-72(75)66-63-60-57-54-51-48-45-42-39-33-30-27-24-21-18-15-12-9-6-3)80-74(77)68-65-62-59-56-53-50-47-44-40-35-32-29-26-23-20-17-14-11-8-5-2/h7,10,16,19,25,28,34,36,71H,4-6,8-9,11-15,17-18,20-24,26-27,29-33,35,37-70H2,1-3H3/b10-7-,19-16-,28-25-,36-34-. The maximum Gasteiger partial charge on any atom is 0.306 e. The number of ether oxygens (including phenoxy) is 3. The molecule has 0 aromatic carbocycles. The summed E-state index contributed by atoms with van der Waals surface area (Å²) in [6.45, 7) is 6.61. The predicted molar refractivity (Wildman–Crippen MR) is 349 cm³/mol. The van der Waals surface area contributed by atoms with Crippen LogP contribution < -0.4 is 0 Å². The van der Waals surface area contributed by atoms with Crippen molar-refractivity contribution in [2.45, 2.75) is 393 Å². The number of hydrogen-bond acceptors (Lipinski definition) is 6. The van der Waals surface area contributed by atoms with E-state index in [1.807, 2.05) is 0 Å². The minimum atomic E-state index is -0.773. The Kier molecular flexibility index (Phi) is 66.6. The molecule has 0 aromatic rings. The number of esters is 3. The van der Waals surface area contributed by atoms with Gasteiger partial charge in [-0.25, -0.2) is 0 Å². The summed E-state index contributed by atoms with van der Waals surface area (Å²) >= 11 is 0. The molecule has 0 saturated heterocycles. The molecule has 0 aliphatic heterocycles. The summed E-state index contributed by atoms with van der Waals surface area (Å²) in [5.41, 5.74) is 0. The van der Waals surface area contributed by atoms with Gasteiger partial charge in [-0.3, -0.25) is 14.4 Å². The highest BCUT2D eigenvalue weighted by Crippen LogP contribution is 2.19. The average molecular weight is 1120 g/mol. The van der Waals surface area contributed by atoms with E-state index in [0.29, 0.717) is 19.3 Å². The summed E-state index contributed by atoms with van der Waals surface area (Å²) in [6, 6.07) is 0. The van der Waals surface area contributed by atoms with Gasteiger partial charge in [-0.15, -0.1) is 0 Å². The first-order valence-electron chi connectivity index (χ1n) is 35.6. The van der Waals surface area contributed by atoms with Gasteiger partial charge in [0, 0.05) is 19.3 Å². The topological polar surface area (TPSA) is 78.9 Å². The van der Waals surface area contributed by atoms with E-state index < -0.39 is 6.10 Å². The zero-order chi connectivity index (χ0) is 57.8. The van der Waals surface area contributed by atoms with Crippen molar-refractivity contribution in [2.75, 3.05) is 13.2 Å². The van der Waals surface area contributed by atoms with Crippen LogP contribution >= 0.6 is 0 Å². The highest BCUT2D eigenvalue weighted by Gasteiger charge is 2.19. The van der Waals surface area contributed by atoms with Crippen molar-refractivity contribution in [1.82, 2.24) is 0 Å². The van der Waals surface area contributed by atoms with Crippen molar-refractivity contribution in [1.29, 1.82) is 0 Å². The number of unbranched alkanes of at least 4 members (excludes halogenated alkanes) is 47. The third kappa shape index (κ3) is 66.2. The first-order chi connectivity index (χ1) is 39.5. The van der Waals surface area contributed by atoms with Gasteiger partial charge < -0.3 is 14.2 Å². The third-order valence-corrected chi connectivity index (χ3v) is 16.1. The molecular weight excluding hydrogens is 985 g/mol. The van der Waals surface area contributed by atoms with Crippen LogP contribution in [-0.4, -0.2) is 37.2 Å². The molecular formula is C74H136O6. The maximum atomic E-state index is 13.0. The van der Waals surface area contributed by atoms with Crippen LogP contribution in [0.3, 0.4) is 0 Å². The second-order valence-corrected chi connectivity index (χ2v) is 24.1. The monoisotopic (exact) mass is 1120 g/mol. The molecule has 1 atom stereocenters. The van der Waals surface area contributed by atoms with Crippen molar-refractivity contribution in [2.24, 2.45) is 0 Å². The summed E-state index contributed by atoms with van der Waals surface area (Å²) in [5, 5.41) is 0. The van der Waals surface area contributed by atoms with Crippen LogP contribution in [0.1, 0.15) is 387 Å². The van der Waals surface area contributed by atoms with Gasteiger partial charge >= 0.3 is 17.9 Å². The van der Waals surface area contributed by atoms with Crippen molar-refractivity contribution < 1.29 is 28.6 Å². The highest BCUT2D eigenvalue weighted by molar-refractivity contribution is 5.71. The molecule has 0 aliphatic rings. The lowest BCUT2D eigenvalue weighted by atomic mass is 10.0. The molecule has 0 aliphatic carbocycles. The Bertz CT molecular complexity index is 1380. The van der Waals surface area contributed by atoms with E-state index in [4.69, 9.17) is 14.2 Å². The van der Waals surface area contributed by atoms with Crippen LogP contribution in [0.15, 0.2) is 48.6 Å². The maximum absolute atomic E-state index is 13.0. The Morgan fingerprint density at radius 2 is 0.487 bits per heavy atom. The molecule has 1 unspecified atom stereocenters. The van der Waals surface area contributed by atoms with E-state index >= 15 is 0 Å². The molecule has 0 aromatic heterocycles. The summed E-state index contributed by atoms with van der Waals surface area (Å²) in [5.74, 6) is -0.841. The highest BCUT2D eigenvalue weighted by atomic mass is 16.6. The van der Waals surface area contributed by atoms with E-state index in [1.165, 1.54) is 263 Å². The van der Waals surface area contributed by atoms with Crippen LogP contribution in [0.2, 0.25) is 0 Å². The largest absolute Gasteiger partial charge is 0.462 e. The zero-order valence-electron chi connectivity index (χ0n) is 53.9. The van der Waals surface area contributed by atoms with Crippen LogP contribution in [0.25, 0.3) is 0 Å². The van der Waals surface area contributed by atoms with Gasteiger partial charge in [0.05, 0.1) is 0 Å². The third-order valence-electron chi connectivity index (χ3n) is 16.1. The van der Waals surface area contributed by atoms with Crippen LogP contribution in [0.5, 0.6) is 0 Å². The molecule has 468 valence electrons. The average Bonchev–Trinajstić information content (AvgIpc) is 3.46. The molecule has 0 fully saturated rings. The molecule has 0 spiro atoms. The second-order valence-electron chi connectivity index (χ2n) is 24.1. The first-order valence-corrected chi connectivity index (χ1v) is 35.6. The first kappa shape index (κ1) is 77.4. The molecule has 0 rings (SSSR count). The van der Waals surface area contributed by atoms with Crippen LogP contribution in [0.4, 0.5) is 0 Å². The van der Waals surface area contributed by atoms with Crippen LogP contribution in [0, 0.1) is 0 Å². The SMILES string of the molecule is CC/C=C\C/C=C\C/C=C\C/C=C\CCCCCCCCCCCCC(=O)OCC(COC(=O)CCCCCCCCCCCCCCCCCCCCC)OC(=O)CCCCCCCCCCCCCCCCCCCCCC. The van der Waals surface area contributed by atoms with Crippen molar-refractivity contribution in [3.05, 3.63) is 48.6 Å². The summed E-state index contributed by atoms with van der Waals surface area (Å²) in [4.78, 5) is 38.5. The van der Waals surface area contributed by atoms with Gasteiger partial charge in [-0.1, -0.05) is 358 Å². The lowest BCUT2D eigenvalue weighted by Crippen LogP contribution is -2.30. The van der Waals surface area contributed by atoms with E-state index in [9.17, 15) is 14.4 Å². The van der Waals surface area contributed by atoms with Gasteiger partial charge in [-0.2, -0.15) is 0 Å². The minimum Gasteiger partial charge on any atom is -0.462 e. The fraction of sp³-hybridized carbons (Fsp3) is 0.851. The smallest absolute Gasteiger partial charge is 0.306 e. The fourth-order valence-electron chi connectivity index (χ4n) is 10.8. The second kappa shape index (κ2) is 68.9. The number of hydrogen-bond donors (Lipinski definition) is 0. The molecule has 0 saturated carbocycles. The van der Waals surface area contributed by atoms with E-state index in [2.05, 4.69) is 69.4 Å². The summed E-state index contributed by atoms with van der Waals surface area (Å²) in [7, 11) is 0. The Labute approximate surface area is 498 Å². The number of carbonyl (C=O) groups is 3. The molecule has 0 bridgehead atoms. The normalized spacial score (nSPS) is 12.3. The Balaban J connectivity index is 4.32. The molecule has 80 heavy (non-hydrogen) atoms. The predicted octanol–water partition coefficient (Wildman–Crippen LogP) is 24.5. The van der Waals surface area contributed by atoms with E-state index in [-0.39, 0.29) is 31.1 Å². The van der Waals surface area contributed by atoms with Gasteiger partial charge in [0.15, 0.2) is 6.10 Å². The van der Waals surface area contributed by atoms with Crippen molar-refractivity contribution in [3.63, 3.8) is 0 Å². The number of rotatable bonds is 66. The Hall–Kier alpha value is -2.63. The Morgan fingerprint density at radius 1 is 0.263 bits per heavy atom. The Morgan fingerprint density at radius 3 is 0.762 bits per heavy atom. The van der Waals surface area contributed by atoms with E-state index in [0.717, 1.165) is 83.5 Å². The van der Waals surface area contributed by atoms with E-state index in [1.54, 1.807) is 0 Å². The molecule has 0 N–H and O–H groups in total. The fourth-order valence-corrected chi connectivity index (χ4v) is 10.8. The van der Waals surface area contributed by atoms with Gasteiger partial charge in [-0.05, 0) is 57.8 Å². The van der Waals surface area contributed by atoms with Gasteiger partial charge in [0.1, 0.15) is 13.2 Å². The molecule has 0 radical (unpaired) electrons.